The Morgan fingerprint density at radius 2 is 2.00 bits per heavy atom. The number of benzene rings is 1. The minimum absolute atomic E-state index is 0.193. The lowest BCUT2D eigenvalue weighted by molar-refractivity contribution is -0.150. The van der Waals surface area contributed by atoms with Gasteiger partial charge >= 0.3 is 5.97 Å². The third-order valence-electron chi connectivity index (χ3n) is 4.17. The molecule has 0 aromatic heterocycles. The van der Waals surface area contributed by atoms with E-state index in [0.717, 1.165) is 24.8 Å². The number of hydrogen-bond acceptors (Lipinski definition) is 4. The van der Waals surface area contributed by atoms with Crippen LogP contribution in [0.15, 0.2) is 24.3 Å². The first-order valence-electron chi connectivity index (χ1n) is 8.19. The number of hydrogen-bond donors (Lipinski definition) is 1. The maximum Gasteiger partial charge on any atom is 0.344 e. The van der Waals surface area contributed by atoms with Crippen LogP contribution >= 0.6 is 0 Å². The summed E-state index contributed by atoms with van der Waals surface area (Å²) in [7, 11) is 0. The molecule has 0 aliphatic heterocycles. The molecule has 1 saturated carbocycles. The van der Waals surface area contributed by atoms with Gasteiger partial charge in [-0.05, 0) is 43.4 Å². The fourth-order valence-corrected chi connectivity index (χ4v) is 2.81. The van der Waals surface area contributed by atoms with E-state index in [0.29, 0.717) is 11.7 Å². The molecule has 0 spiro atoms. The first-order chi connectivity index (χ1) is 11.0. The zero-order chi connectivity index (χ0) is 16.7. The van der Waals surface area contributed by atoms with Crippen molar-refractivity contribution in [1.82, 2.24) is 5.32 Å². The Morgan fingerprint density at radius 3 is 2.74 bits per heavy atom. The first-order valence-corrected chi connectivity index (χ1v) is 8.19. The Hall–Kier alpha value is -2.04. The maximum atomic E-state index is 11.9. The second-order valence-electron chi connectivity index (χ2n) is 6.20. The molecule has 2 atom stereocenters. The van der Waals surface area contributed by atoms with Gasteiger partial charge in [0.05, 0.1) is 0 Å². The lowest BCUT2D eigenvalue weighted by atomic mass is 9.86. The highest BCUT2D eigenvalue weighted by Gasteiger charge is 2.23. The average molecular weight is 319 g/mol. The smallest absolute Gasteiger partial charge is 0.344 e. The number of ether oxygens (including phenoxy) is 2. The van der Waals surface area contributed by atoms with Crippen LogP contribution in [0.4, 0.5) is 0 Å². The van der Waals surface area contributed by atoms with Crippen LogP contribution in [0.3, 0.4) is 0 Å². The van der Waals surface area contributed by atoms with Gasteiger partial charge in [0.1, 0.15) is 5.75 Å². The van der Waals surface area contributed by atoms with Crippen LogP contribution in [0.2, 0.25) is 0 Å². The average Bonchev–Trinajstić information content (AvgIpc) is 2.53. The molecule has 0 bridgehead atoms. The Balaban J connectivity index is 1.66. The Kier molecular flexibility index (Phi) is 6.44. The second-order valence-corrected chi connectivity index (χ2v) is 6.20. The lowest BCUT2D eigenvalue weighted by Gasteiger charge is -2.29. The summed E-state index contributed by atoms with van der Waals surface area (Å²) >= 11 is 0. The van der Waals surface area contributed by atoms with E-state index >= 15 is 0 Å². The van der Waals surface area contributed by atoms with Gasteiger partial charge in [-0.2, -0.15) is 0 Å². The van der Waals surface area contributed by atoms with E-state index in [1.165, 1.54) is 6.42 Å². The number of carbonyl (C=O) groups is 2. The normalized spacial score (nSPS) is 20.6. The molecule has 1 aliphatic carbocycles. The highest BCUT2D eigenvalue weighted by atomic mass is 16.6. The van der Waals surface area contributed by atoms with E-state index in [9.17, 15) is 9.59 Å². The van der Waals surface area contributed by atoms with Gasteiger partial charge in [0, 0.05) is 6.04 Å². The largest absolute Gasteiger partial charge is 0.482 e. The zero-order valence-electron chi connectivity index (χ0n) is 13.8. The standard InChI is InChI=1S/C18H25NO4/c1-13-6-5-8-15(10-13)22-12-18(21)23-11-17(20)19-16-9-4-3-7-14(16)2/h5-6,8,10,14,16H,3-4,7,9,11-12H2,1-2H3,(H,19,20)/t14-,16+/m1/s1. The Morgan fingerprint density at radius 1 is 1.22 bits per heavy atom. The molecule has 1 fully saturated rings. The van der Waals surface area contributed by atoms with Crippen LogP contribution in [0.5, 0.6) is 5.75 Å². The van der Waals surface area contributed by atoms with Crippen molar-refractivity contribution in [1.29, 1.82) is 0 Å². The zero-order valence-corrected chi connectivity index (χ0v) is 13.8. The van der Waals surface area contributed by atoms with Crippen molar-refractivity contribution < 1.29 is 19.1 Å². The molecule has 1 N–H and O–H groups in total. The topological polar surface area (TPSA) is 64.6 Å². The lowest BCUT2D eigenvalue weighted by Crippen LogP contribution is -2.43. The molecule has 0 unspecified atom stereocenters. The summed E-state index contributed by atoms with van der Waals surface area (Å²) in [5, 5.41) is 2.95. The molecule has 1 aromatic carbocycles. The highest BCUT2D eigenvalue weighted by Crippen LogP contribution is 2.23. The molecule has 2 rings (SSSR count). The van der Waals surface area contributed by atoms with Crippen LogP contribution in [0.1, 0.15) is 38.2 Å². The molecule has 5 nitrogen and oxygen atoms in total. The SMILES string of the molecule is Cc1cccc(OCC(=O)OCC(=O)N[C@H]2CCCC[C@H]2C)c1. The number of carbonyl (C=O) groups excluding carboxylic acids is 2. The van der Waals surface area contributed by atoms with Gasteiger partial charge in [0.15, 0.2) is 13.2 Å². The van der Waals surface area contributed by atoms with Crippen molar-refractivity contribution in [3.05, 3.63) is 29.8 Å². The van der Waals surface area contributed by atoms with Crippen LogP contribution in [-0.4, -0.2) is 31.1 Å². The summed E-state index contributed by atoms with van der Waals surface area (Å²) in [6.07, 6.45) is 4.49. The minimum atomic E-state index is -0.543. The fourth-order valence-electron chi connectivity index (χ4n) is 2.81. The predicted molar refractivity (Wildman–Crippen MR) is 87.2 cm³/mol. The number of amides is 1. The van der Waals surface area contributed by atoms with Crippen LogP contribution in [-0.2, 0) is 14.3 Å². The number of rotatable bonds is 6. The van der Waals surface area contributed by atoms with Crippen molar-refractivity contribution >= 4 is 11.9 Å². The molecule has 23 heavy (non-hydrogen) atoms. The Bertz CT molecular complexity index is 544. The minimum Gasteiger partial charge on any atom is -0.482 e. The van der Waals surface area contributed by atoms with Crippen molar-refractivity contribution in [2.75, 3.05) is 13.2 Å². The number of aryl methyl sites for hydroxylation is 1. The summed E-state index contributed by atoms with van der Waals surface area (Å²) in [5.41, 5.74) is 1.05. The fraction of sp³-hybridized carbons (Fsp3) is 0.556. The molecular weight excluding hydrogens is 294 g/mol. The Labute approximate surface area is 137 Å². The second kappa shape index (κ2) is 8.56. The maximum absolute atomic E-state index is 11.9. The summed E-state index contributed by atoms with van der Waals surface area (Å²) in [6.45, 7) is 3.64. The van der Waals surface area contributed by atoms with Gasteiger partial charge in [-0.3, -0.25) is 4.79 Å². The molecule has 0 saturated heterocycles. The van der Waals surface area contributed by atoms with E-state index in [2.05, 4.69) is 12.2 Å². The summed E-state index contributed by atoms with van der Waals surface area (Å²) < 4.78 is 10.3. The van der Waals surface area contributed by atoms with Crippen molar-refractivity contribution in [3.63, 3.8) is 0 Å². The molecule has 1 amide bonds. The first kappa shape index (κ1) is 17.3. The van der Waals surface area contributed by atoms with Crippen LogP contribution < -0.4 is 10.1 Å². The van der Waals surface area contributed by atoms with E-state index < -0.39 is 5.97 Å². The molecular formula is C18H25NO4. The van der Waals surface area contributed by atoms with Gasteiger partial charge in [-0.1, -0.05) is 31.9 Å². The van der Waals surface area contributed by atoms with Crippen LogP contribution in [0.25, 0.3) is 0 Å². The van der Waals surface area contributed by atoms with Gasteiger partial charge in [0.2, 0.25) is 0 Å². The van der Waals surface area contributed by atoms with Gasteiger partial charge in [-0.25, -0.2) is 4.79 Å². The van der Waals surface area contributed by atoms with Gasteiger partial charge in [-0.15, -0.1) is 0 Å². The van der Waals surface area contributed by atoms with E-state index in [-0.39, 0.29) is 25.2 Å². The third-order valence-corrected chi connectivity index (χ3v) is 4.17. The van der Waals surface area contributed by atoms with E-state index in [1.807, 2.05) is 25.1 Å². The summed E-state index contributed by atoms with van der Waals surface area (Å²) in [5.74, 6) is 0.307. The van der Waals surface area contributed by atoms with Crippen LogP contribution in [0, 0.1) is 12.8 Å². The monoisotopic (exact) mass is 319 g/mol. The van der Waals surface area contributed by atoms with Crippen molar-refractivity contribution in [3.8, 4) is 5.75 Å². The highest BCUT2D eigenvalue weighted by molar-refractivity contribution is 5.81. The number of esters is 1. The summed E-state index contributed by atoms with van der Waals surface area (Å²) in [4.78, 5) is 23.5. The molecule has 1 aromatic rings. The predicted octanol–water partition coefficient (Wildman–Crippen LogP) is 2.61. The molecule has 0 radical (unpaired) electrons. The van der Waals surface area contributed by atoms with Gasteiger partial charge < -0.3 is 14.8 Å². The summed E-state index contributed by atoms with van der Waals surface area (Å²) in [6, 6.07) is 7.61. The third kappa shape index (κ3) is 5.93. The van der Waals surface area contributed by atoms with E-state index in [1.54, 1.807) is 6.07 Å². The van der Waals surface area contributed by atoms with Gasteiger partial charge in [0.25, 0.3) is 5.91 Å². The molecule has 0 heterocycles. The molecule has 1 aliphatic rings. The quantitative estimate of drug-likeness (QED) is 0.819. The molecule has 5 heteroatoms. The number of nitrogens with one attached hydrogen (secondary N) is 1. The molecule has 126 valence electrons. The van der Waals surface area contributed by atoms with E-state index in [4.69, 9.17) is 9.47 Å². The van der Waals surface area contributed by atoms with Crippen molar-refractivity contribution in [2.45, 2.75) is 45.6 Å². The van der Waals surface area contributed by atoms with Crippen molar-refractivity contribution in [2.24, 2.45) is 5.92 Å².